The van der Waals surface area contributed by atoms with Crippen LogP contribution in [0.5, 0.6) is 0 Å². The van der Waals surface area contributed by atoms with E-state index < -0.39 is 42.4 Å². The predicted molar refractivity (Wildman–Crippen MR) is 181 cm³/mol. The molecular formula is C38H59NO11. The van der Waals surface area contributed by atoms with Crippen LogP contribution in [0.15, 0.2) is 11.6 Å². The van der Waals surface area contributed by atoms with Crippen molar-refractivity contribution in [2.75, 3.05) is 21.3 Å². The lowest BCUT2D eigenvalue weighted by Gasteiger charge is -2.46. The zero-order chi connectivity index (χ0) is 36.4. The van der Waals surface area contributed by atoms with Crippen LogP contribution in [-0.4, -0.2) is 99.0 Å². The zero-order valence-electron chi connectivity index (χ0n) is 31.0. The number of allylic oxidation sites excluding steroid dienone is 2. The van der Waals surface area contributed by atoms with Crippen molar-refractivity contribution < 1.29 is 52.7 Å². The number of methoxy groups -OCH3 is 3. The summed E-state index contributed by atoms with van der Waals surface area (Å²) in [6.07, 6.45) is 1.94. The monoisotopic (exact) mass is 705 g/mol. The quantitative estimate of drug-likeness (QED) is 0.239. The average molecular weight is 706 g/mol. The molecule has 0 aromatic carbocycles. The molecule has 1 amide bonds. The highest BCUT2D eigenvalue weighted by Gasteiger charge is 2.61. The van der Waals surface area contributed by atoms with Gasteiger partial charge in [0.2, 0.25) is 5.91 Å². The van der Waals surface area contributed by atoms with Gasteiger partial charge in [0.05, 0.1) is 24.5 Å². The van der Waals surface area contributed by atoms with Crippen molar-refractivity contribution >= 4 is 23.6 Å². The maximum atomic E-state index is 14.4. The summed E-state index contributed by atoms with van der Waals surface area (Å²) in [7, 11) is 4.68. The summed E-state index contributed by atoms with van der Waals surface area (Å²) < 4.78 is 35.2. The summed E-state index contributed by atoms with van der Waals surface area (Å²) in [6, 6.07) is -0.218. The van der Waals surface area contributed by atoms with E-state index in [9.17, 15) is 24.3 Å². The molecule has 0 bridgehead atoms. The molecule has 0 radical (unpaired) electrons. The minimum atomic E-state index is -1.29. The van der Waals surface area contributed by atoms with Crippen LogP contribution in [0.1, 0.15) is 86.0 Å². The van der Waals surface area contributed by atoms with Gasteiger partial charge in [-0.1, -0.05) is 33.8 Å². The van der Waals surface area contributed by atoms with Crippen LogP contribution in [0, 0.1) is 47.3 Å². The Morgan fingerprint density at radius 2 is 1.66 bits per heavy atom. The minimum absolute atomic E-state index is 0.00174. The molecule has 3 aliphatic carbocycles. The molecule has 4 fully saturated rings. The lowest BCUT2D eigenvalue weighted by molar-refractivity contribution is -0.236. The van der Waals surface area contributed by atoms with Crippen LogP contribution in [-0.2, 0) is 47.6 Å². The van der Waals surface area contributed by atoms with Gasteiger partial charge in [-0.3, -0.25) is 19.2 Å². The Morgan fingerprint density at radius 3 is 2.28 bits per heavy atom. The molecule has 12 nitrogen and oxygen atoms in total. The van der Waals surface area contributed by atoms with Crippen molar-refractivity contribution in [3.8, 4) is 0 Å². The van der Waals surface area contributed by atoms with Gasteiger partial charge in [0.25, 0.3) is 0 Å². The van der Waals surface area contributed by atoms with E-state index in [4.69, 9.17) is 28.4 Å². The molecule has 0 aromatic rings. The molecule has 2 saturated carbocycles. The molecule has 2 saturated heterocycles. The van der Waals surface area contributed by atoms with Gasteiger partial charge in [0, 0.05) is 46.6 Å². The highest BCUT2D eigenvalue weighted by atomic mass is 16.6. The van der Waals surface area contributed by atoms with Gasteiger partial charge in [-0.2, -0.15) is 0 Å². The van der Waals surface area contributed by atoms with Crippen molar-refractivity contribution in [1.82, 2.24) is 5.32 Å². The van der Waals surface area contributed by atoms with Crippen LogP contribution in [0.25, 0.3) is 0 Å². The Morgan fingerprint density at radius 1 is 0.980 bits per heavy atom. The number of carbonyl (C=O) groups is 4. The second kappa shape index (κ2) is 16.5. The number of amides is 1. The van der Waals surface area contributed by atoms with Gasteiger partial charge >= 0.3 is 11.9 Å². The molecule has 282 valence electrons. The summed E-state index contributed by atoms with van der Waals surface area (Å²) in [5, 5.41) is 14.7. The first-order valence-electron chi connectivity index (χ1n) is 18.7. The molecule has 50 heavy (non-hydrogen) atoms. The van der Waals surface area contributed by atoms with Crippen LogP contribution < -0.4 is 5.32 Å². The first-order valence-corrected chi connectivity index (χ1v) is 18.7. The van der Waals surface area contributed by atoms with Crippen molar-refractivity contribution in [2.24, 2.45) is 47.3 Å². The van der Waals surface area contributed by atoms with E-state index in [1.54, 1.807) is 14.2 Å². The number of esters is 2. The summed E-state index contributed by atoms with van der Waals surface area (Å²) >= 11 is 0. The summed E-state index contributed by atoms with van der Waals surface area (Å²) in [4.78, 5) is 53.1. The fraction of sp³-hybridized carbons (Fsp3) is 0.842. The third kappa shape index (κ3) is 7.84. The number of hydrogen-bond donors (Lipinski definition) is 2. The van der Waals surface area contributed by atoms with E-state index in [1.165, 1.54) is 14.0 Å². The number of hydrogen-bond acceptors (Lipinski definition) is 11. The molecule has 15 atom stereocenters. The Balaban J connectivity index is 1.45. The molecule has 5 aliphatic rings. The Labute approximate surface area is 296 Å². The highest BCUT2D eigenvalue weighted by Crippen LogP contribution is 2.60. The number of aliphatic hydroxyl groups is 1. The van der Waals surface area contributed by atoms with Crippen LogP contribution in [0.4, 0.5) is 0 Å². The molecule has 7 unspecified atom stereocenters. The van der Waals surface area contributed by atoms with Gasteiger partial charge in [0.15, 0.2) is 12.1 Å². The lowest BCUT2D eigenvalue weighted by Crippen LogP contribution is -2.51. The number of Topliss-reactive ketones (excluding diaryl/α,β-unsaturated/α-hetero) is 1. The number of fused-ring (bicyclic) bond motifs is 8. The van der Waals surface area contributed by atoms with Crippen LogP contribution >= 0.6 is 0 Å². The van der Waals surface area contributed by atoms with Gasteiger partial charge in [-0.15, -0.1) is 0 Å². The van der Waals surface area contributed by atoms with Gasteiger partial charge in [0.1, 0.15) is 24.4 Å². The van der Waals surface area contributed by atoms with Crippen LogP contribution in [0.3, 0.4) is 0 Å². The molecule has 0 spiro atoms. The summed E-state index contributed by atoms with van der Waals surface area (Å²) in [5.74, 6) is -1.97. The summed E-state index contributed by atoms with van der Waals surface area (Å²) in [5.41, 5.74) is 0.571. The Kier molecular flexibility index (Phi) is 12.8. The highest BCUT2D eigenvalue weighted by molar-refractivity contribution is 5.99. The number of carbonyl (C=O) groups excluding carboxylic acids is 4. The number of ether oxygens (including phenoxy) is 6. The Hall–Kier alpha value is -2.38. The standard InChI is InChI=1S/C38H59NO11/c1-9-21-11-10-12-29(48-20(5)40)19(4)34(43)28-15-25-23-13-22(50-38(44)37(47-8)36(46-7)35(45-6)18(2)3)14-24(23)27-16-30(41)39-33(27)32(25)26(28)17-31(42)49-21/h15,18-19,21-27,29,32-33,35-38,44H,9-14,16-17H2,1-8H3,(H,39,41)/t19-,21+,22+,23-,24?,25+,26-,27?,29+,32-,33?,35?,36?,37?,38?/m1/s1. The fourth-order valence-electron chi connectivity index (χ4n) is 10.2. The van der Waals surface area contributed by atoms with Crippen molar-refractivity contribution in [3.05, 3.63) is 11.6 Å². The topological polar surface area (TPSA) is 156 Å². The molecule has 2 heterocycles. The van der Waals surface area contributed by atoms with Crippen molar-refractivity contribution in [3.63, 3.8) is 0 Å². The predicted octanol–water partition coefficient (Wildman–Crippen LogP) is 3.76. The largest absolute Gasteiger partial charge is 0.462 e. The zero-order valence-corrected chi connectivity index (χ0v) is 31.0. The third-order valence-electron chi connectivity index (χ3n) is 12.4. The lowest BCUT2D eigenvalue weighted by atomic mass is 9.59. The number of ketones is 1. The second-order valence-corrected chi connectivity index (χ2v) is 15.6. The number of cyclic esters (lactones) is 1. The average Bonchev–Trinajstić information content (AvgIpc) is 3.76. The number of nitrogens with one attached hydrogen (secondary N) is 1. The van der Waals surface area contributed by atoms with E-state index >= 15 is 0 Å². The van der Waals surface area contributed by atoms with E-state index in [2.05, 4.69) is 11.4 Å². The minimum Gasteiger partial charge on any atom is -0.462 e. The fourth-order valence-corrected chi connectivity index (χ4v) is 10.2. The van der Waals surface area contributed by atoms with Crippen molar-refractivity contribution in [2.45, 2.75) is 135 Å². The summed E-state index contributed by atoms with van der Waals surface area (Å²) in [6.45, 7) is 9.18. The van der Waals surface area contributed by atoms with Gasteiger partial charge in [-0.25, -0.2) is 0 Å². The Bertz CT molecular complexity index is 1270. The maximum Gasteiger partial charge on any atom is 0.306 e. The molecular weight excluding hydrogens is 646 g/mol. The number of rotatable bonds is 11. The SMILES string of the molecule is CC[C@H]1CCC[C@H](OC(C)=O)[C@@H](C)C(=O)C2=C[C@@H]3[C@@H](C4NC(=O)CC4C4C[C@@H](OC(O)C(OC)C(OC)C(OC)C(C)C)C[C@H]43)[C@@H]2CC(=O)O1. The van der Waals surface area contributed by atoms with E-state index in [0.29, 0.717) is 50.5 Å². The smallest absolute Gasteiger partial charge is 0.306 e. The molecule has 2 N–H and O–H groups in total. The first-order chi connectivity index (χ1) is 23.8. The number of aliphatic hydroxyl groups excluding tert-OH is 1. The first kappa shape index (κ1) is 38.8. The molecule has 12 heteroatoms. The van der Waals surface area contributed by atoms with Crippen molar-refractivity contribution in [1.29, 1.82) is 0 Å². The van der Waals surface area contributed by atoms with Gasteiger partial charge < -0.3 is 38.8 Å². The van der Waals surface area contributed by atoms with E-state index in [1.807, 2.05) is 27.7 Å². The van der Waals surface area contributed by atoms with Gasteiger partial charge in [-0.05, 0) is 79.6 Å². The van der Waals surface area contributed by atoms with E-state index in [0.717, 1.165) is 0 Å². The molecule has 0 aromatic heterocycles. The maximum absolute atomic E-state index is 14.4. The molecule has 5 rings (SSSR count). The normalized spacial score (nSPS) is 38.2. The second-order valence-electron chi connectivity index (χ2n) is 15.6. The third-order valence-corrected chi connectivity index (χ3v) is 12.4. The van der Waals surface area contributed by atoms with Crippen LogP contribution in [0.2, 0.25) is 0 Å². The molecule has 2 aliphatic heterocycles. The van der Waals surface area contributed by atoms with E-state index in [-0.39, 0.29) is 83.9 Å².